The van der Waals surface area contributed by atoms with Crippen LogP contribution in [0.2, 0.25) is 0 Å². The summed E-state index contributed by atoms with van der Waals surface area (Å²) in [6, 6.07) is 7.60. The summed E-state index contributed by atoms with van der Waals surface area (Å²) in [5, 5.41) is 21.9. The second-order valence-electron chi connectivity index (χ2n) is 8.50. The zero-order chi connectivity index (χ0) is 23.0. The fraction of sp³-hybridized carbons (Fsp3) is 0.423. The predicted octanol–water partition coefficient (Wildman–Crippen LogP) is 2.83. The standard InChI is InChI=1S/C26H30N4O3/c1-33-22-5-6-25-24(15-22)23(8-10-29-25)26(32)7-4-19-9-14-30(17-20(19)18-31)13-2-3-21-16-27-11-12-28-21/h5-6,8,10-12,15-16,19-20,26,31-32H,4,7,9,13-14,17-18H2,1H3/t19-,20-,26-/m1/s1. The van der Waals surface area contributed by atoms with Gasteiger partial charge < -0.3 is 14.9 Å². The topological polar surface area (TPSA) is 91.6 Å². The van der Waals surface area contributed by atoms with Gasteiger partial charge in [0.2, 0.25) is 0 Å². The number of fused-ring (bicyclic) bond motifs is 1. The Morgan fingerprint density at radius 3 is 2.88 bits per heavy atom. The van der Waals surface area contributed by atoms with Crippen molar-refractivity contribution < 1.29 is 14.9 Å². The molecule has 2 aromatic heterocycles. The van der Waals surface area contributed by atoms with Gasteiger partial charge >= 0.3 is 0 Å². The number of pyridine rings is 1. The summed E-state index contributed by atoms with van der Waals surface area (Å²) in [6.45, 7) is 2.53. The molecule has 0 aliphatic carbocycles. The van der Waals surface area contributed by atoms with Crippen molar-refractivity contribution in [3.63, 3.8) is 0 Å². The number of methoxy groups -OCH3 is 1. The van der Waals surface area contributed by atoms with Gasteiger partial charge in [0.05, 0.1) is 31.5 Å². The summed E-state index contributed by atoms with van der Waals surface area (Å²) in [6.07, 6.45) is 8.56. The van der Waals surface area contributed by atoms with E-state index in [1.807, 2.05) is 24.3 Å². The van der Waals surface area contributed by atoms with Gasteiger partial charge in [-0.05, 0) is 73.4 Å². The van der Waals surface area contributed by atoms with Crippen molar-refractivity contribution >= 4 is 10.9 Å². The van der Waals surface area contributed by atoms with Gasteiger partial charge in [-0.1, -0.05) is 5.92 Å². The van der Waals surface area contributed by atoms with Crippen molar-refractivity contribution in [2.24, 2.45) is 11.8 Å². The Bertz CT molecular complexity index is 1110. The summed E-state index contributed by atoms with van der Waals surface area (Å²) in [5.74, 6) is 7.51. The Kier molecular flexibility index (Phi) is 7.84. The molecule has 0 radical (unpaired) electrons. The maximum Gasteiger partial charge on any atom is 0.131 e. The van der Waals surface area contributed by atoms with Gasteiger partial charge in [0.15, 0.2) is 0 Å². The number of rotatable bonds is 7. The van der Waals surface area contributed by atoms with Gasteiger partial charge in [0.25, 0.3) is 0 Å². The number of hydrogen-bond donors (Lipinski definition) is 2. The average molecular weight is 447 g/mol. The van der Waals surface area contributed by atoms with E-state index >= 15 is 0 Å². The first kappa shape index (κ1) is 23.1. The van der Waals surface area contributed by atoms with Crippen LogP contribution < -0.4 is 4.74 Å². The molecule has 1 saturated heterocycles. The molecule has 0 unspecified atom stereocenters. The van der Waals surface area contributed by atoms with E-state index in [1.165, 1.54) is 0 Å². The monoisotopic (exact) mass is 446 g/mol. The lowest BCUT2D eigenvalue weighted by Crippen LogP contribution is -2.42. The smallest absolute Gasteiger partial charge is 0.131 e. The van der Waals surface area contributed by atoms with Crippen LogP contribution in [0, 0.1) is 23.7 Å². The van der Waals surface area contributed by atoms with Crippen molar-refractivity contribution in [2.75, 3.05) is 33.4 Å². The van der Waals surface area contributed by atoms with E-state index in [1.54, 1.807) is 31.9 Å². The fourth-order valence-corrected chi connectivity index (χ4v) is 4.58. The summed E-state index contributed by atoms with van der Waals surface area (Å²) in [4.78, 5) is 14.9. The van der Waals surface area contributed by atoms with E-state index in [2.05, 4.69) is 31.7 Å². The van der Waals surface area contributed by atoms with Crippen LogP contribution in [0.3, 0.4) is 0 Å². The van der Waals surface area contributed by atoms with Crippen LogP contribution in [0.4, 0.5) is 0 Å². The molecule has 7 nitrogen and oxygen atoms in total. The minimum atomic E-state index is -0.585. The summed E-state index contributed by atoms with van der Waals surface area (Å²) in [7, 11) is 1.64. The minimum absolute atomic E-state index is 0.143. The molecular weight excluding hydrogens is 416 g/mol. The zero-order valence-corrected chi connectivity index (χ0v) is 18.9. The lowest BCUT2D eigenvalue weighted by atomic mass is 9.81. The first-order valence-corrected chi connectivity index (χ1v) is 11.4. The molecule has 0 bridgehead atoms. The molecule has 3 aromatic rings. The number of likely N-dealkylation sites (tertiary alicyclic amines) is 1. The second kappa shape index (κ2) is 11.2. The molecule has 7 heteroatoms. The van der Waals surface area contributed by atoms with Crippen LogP contribution in [0.15, 0.2) is 49.1 Å². The highest BCUT2D eigenvalue weighted by atomic mass is 16.5. The Morgan fingerprint density at radius 1 is 1.18 bits per heavy atom. The molecule has 172 valence electrons. The molecule has 0 amide bonds. The van der Waals surface area contributed by atoms with E-state index in [4.69, 9.17) is 4.74 Å². The molecule has 4 rings (SSSR count). The van der Waals surface area contributed by atoms with Crippen LogP contribution in [0.25, 0.3) is 10.9 Å². The minimum Gasteiger partial charge on any atom is -0.497 e. The number of aliphatic hydroxyl groups excluding tert-OH is 2. The number of aromatic nitrogens is 3. The Hall–Kier alpha value is -3.05. The SMILES string of the molecule is COc1ccc2nccc([C@H](O)CC[C@@H]3CCN(CC#Cc4cnccn4)C[C@@H]3CO)c2c1. The molecule has 0 saturated carbocycles. The summed E-state index contributed by atoms with van der Waals surface area (Å²) >= 11 is 0. The van der Waals surface area contributed by atoms with E-state index in [0.717, 1.165) is 48.1 Å². The molecule has 2 N–H and O–H groups in total. The highest BCUT2D eigenvalue weighted by Gasteiger charge is 2.29. The normalized spacial score (nSPS) is 19.6. The lowest BCUT2D eigenvalue weighted by Gasteiger charge is -2.37. The molecule has 3 heterocycles. The van der Waals surface area contributed by atoms with Gasteiger partial charge in [-0.25, -0.2) is 4.98 Å². The van der Waals surface area contributed by atoms with Crippen LogP contribution in [0.5, 0.6) is 5.75 Å². The van der Waals surface area contributed by atoms with Crippen molar-refractivity contribution in [1.82, 2.24) is 19.9 Å². The first-order chi connectivity index (χ1) is 16.2. The predicted molar refractivity (Wildman–Crippen MR) is 127 cm³/mol. The molecule has 33 heavy (non-hydrogen) atoms. The molecular formula is C26H30N4O3. The van der Waals surface area contributed by atoms with Gasteiger partial charge in [-0.15, -0.1) is 0 Å². The molecule has 1 fully saturated rings. The number of ether oxygens (including phenoxy) is 1. The quantitative estimate of drug-likeness (QED) is 0.539. The number of aliphatic hydroxyl groups is 2. The molecule has 1 aliphatic rings. The van der Waals surface area contributed by atoms with Crippen molar-refractivity contribution in [3.05, 3.63) is 60.3 Å². The second-order valence-corrected chi connectivity index (χ2v) is 8.50. The van der Waals surface area contributed by atoms with Gasteiger partial charge in [0.1, 0.15) is 11.4 Å². The van der Waals surface area contributed by atoms with Crippen LogP contribution in [0.1, 0.15) is 36.6 Å². The van der Waals surface area contributed by atoms with Gasteiger partial charge in [-0.3, -0.25) is 14.9 Å². The molecule has 0 spiro atoms. The van der Waals surface area contributed by atoms with E-state index in [9.17, 15) is 10.2 Å². The van der Waals surface area contributed by atoms with Crippen molar-refractivity contribution in [3.8, 4) is 17.6 Å². The van der Waals surface area contributed by atoms with E-state index < -0.39 is 6.10 Å². The summed E-state index contributed by atoms with van der Waals surface area (Å²) in [5.41, 5.74) is 2.38. The van der Waals surface area contributed by atoms with Crippen molar-refractivity contribution in [2.45, 2.75) is 25.4 Å². The average Bonchev–Trinajstić information content (AvgIpc) is 2.87. The maximum absolute atomic E-state index is 11.0. The summed E-state index contributed by atoms with van der Waals surface area (Å²) < 4.78 is 5.35. The van der Waals surface area contributed by atoms with Crippen LogP contribution >= 0.6 is 0 Å². The molecule has 1 aromatic carbocycles. The third-order valence-electron chi connectivity index (χ3n) is 6.44. The van der Waals surface area contributed by atoms with Crippen LogP contribution in [-0.2, 0) is 0 Å². The largest absolute Gasteiger partial charge is 0.497 e. The highest BCUT2D eigenvalue weighted by molar-refractivity contribution is 5.83. The fourth-order valence-electron chi connectivity index (χ4n) is 4.58. The number of nitrogens with zero attached hydrogens (tertiary/aromatic N) is 4. The molecule has 1 aliphatic heterocycles. The van der Waals surface area contributed by atoms with Gasteiger partial charge in [-0.2, -0.15) is 0 Å². The first-order valence-electron chi connectivity index (χ1n) is 11.4. The third-order valence-corrected chi connectivity index (χ3v) is 6.44. The van der Waals surface area contributed by atoms with Crippen molar-refractivity contribution in [1.29, 1.82) is 0 Å². The Balaban J connectivity index is 1.34. The Labute approximate surface area is 194 Å². The van der Waals surface area contributed by atoms with E-state index in [0.29, 0.717) is 24.6 Å². The highest BCUT2D eigenvalue weighted by Crippen LogP contribution is 2.33. The van der Waals surface area contributed by atoms with E-state index in [-0.39, 0.29) is 12.5 Å². The number of piperidine rings is 1. The third kappa shape index (κ3) is 5.85. The molecule has 3 atom stereocenters. The van der Waals surface area contributed by atoms with Gasteiger partial charge in [0, 0.05) is 37.1 Å². The number of benzene rings is 1. The maximum atomic E-state index is 11.0. The zero-order valence-electron chi connectivity index (χ0n) is 18.9. The Morgan fingerprint density at radius 2 is 2.09 bits per heavy atom. The lowest BCUT2D eigenvalue weighted by molar-refractivity contribution is 0.0640. The van der Waals surface area contributed by atoms with Crippen LogP contribution in [-0.4, -0.2) is 63.4 Å². The number of hydrogen-bond acceptors (Lipinski definition) is 7.